The van der Waals surface area contributed by atoms with Crippen LogP contribution in [0.15, 0.2) is 40.9 Å². The number of pyridine rings is 1. The smallest absolute Gasteiger partial charge is 0.289 e. The second kappa shape index (κ2) is 6.98. The number of carbonyl (C=O) groups is 1. The number of carbonyl (C=O) groups excluding carboxylic acids is 1. The van der Waals surface area contributed by atoms with Gasteiger partial charge in [-0.25, -0.2) is 0 Å². The number of hydrogen-bond acceptors (Lipinski definition) is 5. The molecule has 2 fully saturated rings. The van der Waals surface area contributed by atoms with Gasteiger partial charge in [0.1, 0.15) is 11.9 Å². The summed E-state index contributed by atoms with van der Waals surface area (Å²) in [5, 5.41) is 0. The molecule has 3 heterocycles. The van der Waals surface area contributed by atoms with Crippen molar-refractivity contribution in [2.75, 3.05) is 13.2 Å². The van der Waals surface area contributed by atoms with E-state index in [9.17, 15) is 4.79 Å². The summed E-state index contributed by atoms with van der Waals surface area (Å²) in [4.78, 5) is 18.9. The fraction of sp³-hybridized carbons (Fsp3) is 0.474. The van der Waals surface area contributed by atoms with Crippen molar-refractivity contribution < 1.29 is 18.7 Å². The van der Waals surface area contributed by atoms with Crippen molar-refractivity contribution in [3.8, 4) is 0 Å². The minimum atomic E-state index is -0.0857. The first-order valence-corrected chi connectivity index (χ1v) is 8.73. The van der Waals surface area contributed by atoms with Crippen LogP contribution in [0, 0.1) is 6.92 Å². The van der Waals surface area contributed by atoms with E-state index in [2.05, 4.69) is 4.98 Å². The Balaban J connectivity index is 1.42. The molecule has 0 radical (unpaired) electrons. The molecule has 2 aromatic rings. The molecule has 1 aliphatic heterocycles. The SMILES string of the molecule is Cc1ccc(C(=O)N2CCO[C@H]3[C@@H](OCc4ccccn4)CC[C@@H]32)o1. The van der Waals surface area contributed by atoms with Gasteiger partial charge in [0, 0.05) is 12.7 Å². The van der Waals surface area contributed by atoms with Crippen molar-refractivity contribution in [3.05, 3.63) is 53.7 Å². The van der Waals surface area contributed by atoms with E-state index in [1.807, 2.05) is 36.1 Å². The number of aromatic nitrogens is 1. The van der Waals surface area contributed by atoms with Crippen molar-refractivity contribution in [2.24, 2.45) is 0 Å². The molecular weight excluding hydrogens is 320 g/mol. The lowest BCUT2D eigenvalue weighted by Gasteiger charge is -2.38. The highest BCUT2D eigenvalue weighted by atomic mass is 16.5. The van der Waals surface area contributed by atoms with Gasteiger partial charge in [-0.3, -0.25) is 9.78 Å². The Labute approximate surface area is 146 Å². The van der Waals surface area contributed by atoms with Crippen LogP contribution in [0.2, 0.25) is 0 Å². The van der Waals surface area contributed by atoms with E-state index in [1.165, 1.54) is 0 Å². The summed E-state index contributed by atoms with van der Waals surface area (Å²) >= 11 is 0. The van der Waals surface area contributed by atoms with Crippen molar-refractivity contribution in [3.63, 3.8) is 0 Å². The fourth-order valence-electron chi connectivity index (χ4n) is 3.71. The lowest BCUT2D eigenvalue weighted by molar-refractivity contribution is -0.109. The molecule has 132 valence electrons. The highest BCUT2D eigenvalue weighted by Gasteiger charge is 2.45. The molecule has 2 aromatic heterocycles. The Morgan fingerprint density at radius 1 is 1.32 bits per heavy atom. The molecular formula is C19H22N2O4. The Morgan fingerprint density at radius 3 is 3.00 bits per heavy atom. The van der Waals surface area contributed by atoms with E-state index in [-0.39, 0.29) is 24.2 Å². The summed E-state index contributed by atoms with van der Waals surface area (Å²) in [6.07, 6.45) is 3.42. The minimum Gasteiger partial charge on any atom is -0.456 e. The number of morpholine rings is 1. The Hall–Kier alpha value is -2.18. The molecule has 2 aliphatic rings. The Morgan fingerprint density at radius 2 is 2.24 bits per heavy atom. The standard InChI is InChI=1S/C19H22N2O4/c1-13-5-7-17(25-13)19(22)21-10-11-23-18-15(21)6-8-16(18)24-12-14-4-2-3-9-20-14/h2-5,7,9,15-16,18H,6,8,10-12H2,1H3/t15-,16-,18+/m0/s1. The molecule has 1 saturated carbocycles. The van der Waals surface area contributed by atoms with Gasteiger partial charge in [-0.2, -0.15) is 0 Å². The second-order valence-corrected chi connectivity index (χ2v) is 6.56. The molecule has 1 saturated heterocycles. The average molecular weight is 342 g/mol. The topological polar surface area (TPSA) is 64.8 Å². The van der Waals surface area contributed by atoms with Crippen LogP contribution < -0.4 is 0 Å². The highest BCUT2D eigenvalue weighted by molar-refractivity contribution is 5.92. The van der Waals surface area contributed by atoms with Gasteiger partial charge in [-0.05, 0) is 44.0 Å². The number of ether oxygens (including phenoxy) is 2. The zero-order valence-electron chi connectivity index (χ0n) is 14.3. The van der Waals surface area contributed by atoms with Crippen molar-refractivity contribution >= 4 is 5.91 Å². The van der Waals surface area contributed by atoms with E-state index in [4.69, 9.17) is 13.9 Å². The van der Waals surface area contributed by atoms with Gasteiger partial charge < -0.3 is 18.8 Å². The predicted molar refractivity (Wildman–Crippen MR) is 90.1 cm³/mol. The van der Waals surface area contributed by atoms with Gasteiger partial charge in [-0.1, -0.05) is 6.07 Å². The van der Waals surface area contributed by atoms with E-state index < -0.39 is 0 Å². The van der Waals surface area contributed by atoms with Gasteiger partial charge in [0.25, 0.3) is 5.91 Å². The quantitative estimate of drug-likeness (QED) is 0.854. The van der Waals surface area contributed by atoms with Crippen LogP contribution >= 0.6 is 0 Å². The van der Waals surface area contributed by atoms with Crippen LogP contribution in [0.5, 0.6) is 0 Å². The number of furan rings is 1. The van der Waals surface area contributed by atoms with Crippen LogP contribution in [0.3, 0.4) is 0 Å². The molecule has 0 N–H and O–H groups in total. The molecule has 4 rings (SSSR count). The normalized spacial score (nSPS) is 25.8. The molecule has 0 spiro atoms. The summed E-state index contributed by atoms with van der Waals surface area (Å²) in [6.45, 7) is 3.42. The number of fused-ring (bicyclic) bond motifs is 1. The average Bonchev–Trinajstić information content (AvgIpc) is 3.26. The van der Waals surface area contributed by atoms with Crippen LogP contribution in [-0.4, -0.2) is 47.2 Å². The first-order valence-electron chi connectivity index (χ1n) is 8.73. The number of nitrogens with zero attached hydrogens (tertiary/aromatic N) is 2. The lowest BCUT2D eigenvalue weighted by atomic mass is 10.1. The predicted octanol–water partition coefficient (Wildman–Crippen LogP) is 2.57. The third-order valence-corrected chi connectivity index (χ3v) is 4.92. The largest absolute Gasteiger partial charge is 0.456 e. The van der Waals surface area contributed by atoms with Crippen molar-refractivity contribution in [2.45, 2.75) is 44.6 Å². The summed E-state index contributed by atoms with van der Waals surface area (Å²) in [5.74, 6) is 1.09. The molecule has 1 aliphatic carbocycles. The molecule has 0 unspecified atom stereocenters. The van der Waals surface area contributed by atoms with E-state index in [1.54, 1.807) is 12.3 Å². The van der Waals surface area contributed by atoms with Gasteiger partial charge in [-0.15, -0.1) is 0 Å². The summed E-state index contributed by atoms with van der Waals surface area (Å²) in [5.41, 5.74) is 0.903. The number of rotatable bonds is 4. The lowest BCUT2D eigenvalue weighted by Crippen LogP contribution is -2.53. The third kappa shape index (κ3) is 3.32. The van der Waals surface area contributed by atoms with Gasteiger partial charge in [0.05, 0.1) is 31.1 Å². The first-order chi connectivity index (χ1) is 12.2. The zero-order valence-corrected chi connectivity index (χ0v) is 14.3. The molecule has 0 aromatic carbocycles. The number of aryl methyl sites for hydroxylation is 1. The zero-order chi connectivity index (χ0) is 17.2. The number of amides is 1. The summed E-state index contributed by atoms with van der Waals surface area (Å²) in [6, 6.07) is 9.39. The van der Waals surface area contributed by atoms with Crippen LogP contribution in [0.25, 0.3) is 0 Å². The molecule has 6 nitrogen and oxygen atoms in total. The monoisotopic (exact) mass is 342 g/mol. The molecule has 1 amide bonds. The highest BCUT2D eigenvalue weighted by Crippen LogP contribution is 2.33. The molecule has 0 bridgehead atoms. The van der Waals surface area contributed by atoms with E-state index >= 15 is 0 Å². The van der Waals surface area contributed by atoms with Crippen molar-refractivity contribution in [1.82, 2.24) is 9.88 Å². The molecule has 25 heavy (non-hydrogen) atoms. The van der Waals surface area contributed by atoms with E-state index in [0.29, 0.717) is 25.5 Å². The third-order valence-electron chi connectivity index (χ3n) is 4.92. The first kappa shape index (κ1) is 16.3. The van der Waals surface area contributed by atoms with E-state index in [0.717, 1.165) is 24.3 Å². The van der Waals surface area contributed by atoms with Gasteiger partial charge >= 0.3 is 0 Å². The van der Waals surface area contributed by atoms with Crippen LogP contribution in [-0.2, 0) is 16.1 Å². The summed E-state index contributed by atoms with van der Waals surface area (Å²) < 4.78 is 17.5. The fourth-order valence-corrected chi connectivity index (χ4v) is 3.71. The number of hydrogen-bond donors (Lipinski definition) is 0. The minimum absolute atomic E-state index is 0.0130. The summed E-state index contributed by atoms with van der Waals surface area (Å²) in [7, 11) is 0. The van der Waals surface area contributed by atoms with Crippen molar-refractivity contribution in [1.29, 1.82) is 0 Å². The van der Waals surface area contributed by atoms with Gasteiger partial charge in [0.2, 0.25) is 0 Å². The van der Waals surface area contributed by atoms with Gasteiger partial charge in [0.15, 0.2) is 5.76 Å². The molecule has 6 heteroatoms. The van der Waals surface area contributed by atoms with Crippen LogP contribution in [0.4, 0.5) is 0 Å². The van der Waals surface area contributed by atoms with Crippen LogP contribution in [0.1, 0.15) is 34.9 Å². The maximum Gasteiger partial charge on any atom is 0.289 e. The molecule has 3 atom stereocenters. The second-order valence-electron chi connectivity index (χ2n) is 6.56. The maximum absolute atomic E-state index is 12.8. The Bertz CT molecular complexity index is 730. The maximum atomic E-state index is 12.8. The Kier molecular flexibility index (Phi) is 4.55.